The molecule has 1 aromatic rings. The van der Waals surface area contributed by atoms with Gasteiger partial charge in [-0.1, -0.05) is 31.2 Å². The van der Waals surface area contributed by atoms with Crippen molar-refractivity contribution in [1.29, 1.82) is 0 Å². The van der Waals surface area contributed by atoms with E-state index in [1.54, 1.807) is 9.80 Å². The lowest BCUT2D eigenvalue weighted by Gasteiger charge is -2.33. The Morgan fingerprint density at radius 3 is 2.88 bits per heavy atom. The lowest BCUT2D eigenvalue weighted by Crippen LogP contribution is -2.48. The summed E-state index contributed by atoms with van der Waals surface area (Å²) in [5, 5.41) is 0. The molecule has 0 aliphatic carbocycles. The fourth-order valence-electron chi connectivity index (χ4n) is 3.75. The summed E-state index contributed by atoms with van der Waals surface area (Å²) in [5.74, 6) is 0.113. The van der Waals surface area contributed by atoms with E-state index in [9.17, 15) is 9.59 Å². The molecule has 0 bridgehead atoms. The molecule has 24 heavy (non-hydrogen) atoms. The van der Waals surface area contributed by atoms with Crippen LogP contribution in [0, 0.1) is 0 Å². The van der Waals surface area contributed by atoms with Crippen LogP contribution in [0.4, 0.5) is 0 Å². The Labute approximate surface area is 143 Å². The molecular weight excluding hydrogens is 304 g/mol. The largest absolute Gasteiger partial charge is 0.371 e. The third-order valence-corrected chi connectivity index (χ3v) is 5.07. The van der Waals surface area contributed by atoms with Gasteiger partial charge in [0, 0.05) is 20.0 Å². The number of nitrogens with zero attached hydrogens (tertiary/aromatic N) is 2. The number of hydrogen-bond donors (Lipinski definition) is 0. The van der Waals surface area contributed by atoms with Crippen molar-refractivity contribution >= 4 is 11.8 Å². The van der Waals surface area contributed by atoms with E-state index in [2.05, 4.69) is 12.1 Å². The summed E-state index contributed by atoms with van der Waals surface area (Å²) in [5.41, 5.74) is 2.48. The molecule has 1 aromatic carbocycles. The predicted octanol–water partition coefficient (Wildman–Crippen LogP) is 2.16. The summed E-state index contributed by atoms with van der Waals surface area (Å²) in [6.45, 7) is 3.87. The average molecular weight is 330 g/mol. The van der Waals surface area contributed by atoms with Crippen LogP contribution >= 0.6 is 0 Å². The van der Waals surface area contributed by atoms with Crippen molar-refractivity contribution in [2.75, 3.05) is 26.7 Å². The number of fused-ring (bicyclic) bond motifs is 1. The summed E-state index contributed by atoms with van der Waals surface area (Å²) in [7, 11) is 1.81. The number of amides is 2. The van der Waals surface area contributed by atoms with Crippen LogP contribution in [0.1, 0.15) is 43.4 Å². The summed E-state index contributed by atoms with van der Waals surface area (Å²) < 4.78 is 5.91. The number of likely N-dealkylation sites (tertiary alicyclic amines) is 1. The molecule has 0 N–H and O–H groups in total. The lowest BCUT2D eigenvalue weighted by atomic mass is 9.97. The number of benzene rings is 1. The summed E-state index contributed by atoms with van der Waals surface area (Å²) in [6.07, 6.45) is 2.90. The highest BCUT2D eigenvalue weighted by Crippen LogP contribution is 2.28. The van der Waals surface area contributed by atoms with Crippen LogP contribution in [-0.2, 0) is 20.7 Å². The average Bonchev–Trinajstić information content (AvgIpc) is 3.02. The molecule has 130 valence electrons. The fourth-order valence-corrected chi connectivity index (χ4v) is 3.75. The van der Waals surface area contributed by atoms with Crippen molar-refractivity contribution in [2.24, 2.45) is 0 Å². The maximum atomic E-state index is 12.9. The Kier molecular flexibility index (Phi) is 5.19. The van der Waals surface area contributed by atoms with Crippen molar-refractivity contribution in [3.63, 3.8) is 0 Å². The minimum absolute atomic E-state index is 0.0133. The van der Waals surface area contributed by atoms with E-state index >= 15 is 0 Å². The van der Waals surface area contributed by atoms with Gasteiger partial charge in [0.15, 0.2) is 0 Å². The van der Waals surface area contributed by atoms with E-state index in [1.165, 1.54) is 11.1 Å². The zero-order valence-corrected chi connectivity index (χ0v) is 14.5. The van der Waals surface area contributed by atoms with Crippen molar-refractivity contribution in [1.82, 2.24) is 9.80 Å². The van der Waals surface area contributed by atoms with Gasteiger partial charge in [-0.05, 0) is 30.4 Å². The van der Waals surface area contributed by atoms with Crippen LogP contribution < -0.4 is 0 Å². The van der Waals surface area contributed by atoms with E-state index in [-0.39, 0.29) is 24.0 Å². The lowest BCUT2D eigenvalue weighted by molar-refractivity contribution is -0.144. The molecule has 1 fully saturated rings. The van der Waals surface area contributed by atoms with Gasteiger partial charge in [0.05, 0.1) is 13.2 Å². The first kappa shape index (κ1) is 17.0. The van der Waals surface area contributed by atoms with Gasteiger partial charge in [-0.25, -0.2) is 0 Å². The second-order valence-electron chi connectivity index (χ2n) is 6.64. The molecule has 5 heteroatoms. The standard InChI is InChI=1S/C19H26N2O3/c1-3-16(21-11-6-9-18(21)22)19(23)20(2)13-17-15-8-5-4-7-14(15)10-12-24-17/h4-5,7-8,16-17H,3,6,9-13H2,1-2H3. The Hall–Kier alpha value is -1.88. The SMILES string of the molecule is CCC(C(=O)N(C)CC1OCCc2ccccc21)N1CCCC1=O. The first-order chi connectivity index (χ1) is 11.6. The fraction of sp³-hybridized carbons (Fsp3) is 0.579. The number of carbonyl (C=O) groups excluding carboxylic acids is 2. The van der Waals surface area contributed by atoms with Crippen LogP contribution in [-0.4, -0.2) is 54.4 Å². The molecule has 1 saturated heterocycles. The van der Waals surface area contributed by atoms with E-state index in [0.717, 1.165) is 12.8 Å². The smallest absolute Gasteiger partial charge is 0.245 e. The number of ether oxygens (including phenoxy) is 1. The Morgan fingerprint density at radius 2 is 2.17 bits per heavy atom. The molecule has 2 aliphatic rings. The molecule has 2 atom stereocenters. The summed E-state index contributed by atoms with van der Waals surface area (Å²) in [6, 6.07) is 7.93. The topological polar surface area (TPSA) is 49.9 Å². The molecule has 2 heterocycles. The molecule has 2 unspecified atom stereocenters. The molecule has 5 nitrogen and oxygen atoms in total. The van der Waals surface area contributed by atoms with Crippen molar-refractivity contribution < 1.29 is 14.3 Å². The van der Waals surface area contributed by atoms with Crippen molar-refractivity contribution in [3.05, 3.63) is 35.4 Å². The second kappa shape index (κ2) is 7.34. The van der Waals surface area contributed by atoms with Gasteiger partial charge in [0.25, 0.3) is 0 Å². The molecule has 2 aliphatic heterocycles. The highest BCUT2D eigenvalue weighted by atomic mass is 16.5. The Morgan fingerprint density at radius 1 is 1.38 bits per heavy atom. The molecule has 2 amide bonds. The van der Waals surface area contributed by atoms with E-state index in [1.807, 2.05) is 26.1 Å². The van der Waals surface area contributed by atoms with Gasteiger partial charge in [0.1, 0.15) is 12.1 Å². The third kappa shape index (κ3) is 3.31. The van der Waals surface area contributed by atoms with Crippen molar-refractivity contribution in [3.8, 4) is 0 Å². The van der Waals surface area contributed by atoms with Crippen LogP contribution in [0.25, 0.3) is 0 Å². The van der Waals surface area contributed by atoms with Gasteiger partial charge in [-0.15, -0.1) is 0 Å². The first-order valence-corrected chi connectivity index (χ1v) is 8.85. The summed E-state index contributed by atoms with van der Waals surface area (Å²) >= 11 is 0. The molecular formula is C19H26N2O3. The van der Waals surface area contributed by atoms with Crippen LogP contribution in [0.5, 0.6) is 0 Å². The highest BCUT2D eigenvalue weighted by Gasteiger charge is 2.34. The molecule has 0 radical (unpaired) electrons. The van der Waals surface area contributed by atoms with E-state index in [4.69, 9.17) is 4.74 Å². The van der Waals surface area contributed by atoms with Gasteiger partial charge < -0.3 is 14.5 Å². The number of rotatable bonds is 5. The highest BCUT2D eigenvalue weighted by molar-refractivity contribution is 5.88. The monoisotopic (exact) mass is 330 g/mol. The quantitative estimate of drug-likeness (QED) is 0.831. The Balaban J connectivity index is 1.69. The zero-order chi connectivity index (χ0) is 17.1. The van der Waals surface area contributed by atoms with E-state index in [0.29, 0.717) is 32.5 Å². The molecule has 0 spiro atoms. The minimum atomic E-state index is -0.344. The second-order valence-corrected chi connectivity index (χ2v) is 6.64. The van der Waals surface area contributed by atoms with Gasteiger partial charge in [-0.3, -0.25) is 9.59 Å². The molecule has 0 saturated carbocycles. The number of likely N-dealkylation sites (N-methyl/N-ethyl adjacent to an activating group) is 1. The van der Waals surface area contributed by atoms with Crippen LogP contribution in [0.15, 0.2) is 24.3 Å². The molecule has 0 aromatic heterocycles. The number of carbonyl (C=O) groups is 2. The first-order valence-electron chi connectivity index (χ1n) is 8.85. The van der Waals surface area contributed by atoms with Crippen LogP contribution in [0.3, 0.4) is 0 Å². The van der Waals surface area contributed by atoms with Gasteiger partial charge >= 0.3 is 0 Å². The molecule has 3 rings (SSSR count). The third-order valence-electron chi connectivity index (χ3n) is 5.07. The van der Waals surface area contributed by atoms with Gasteiger partial charge in [0.2, 0.25) is 11.8 Å². The normalized spacial score (nSPS) is 21.5. The van der Waals surface area contributed by atoms with Crippen LogP contribution in [0.2, 0.25) is 0 Å². The Bertz CT molecular complexity index is 616. The predicted molar refractivity (Wildman–Crippen MR) is 91.5 cm³/mol. The minimum Gasteiger partial charge on any atom is -0.371 e. The maximum absolute atomic E-state index is 12.9. The van der Waals surface area contributed by atoms with Gasteiger partial charge in [-0.2, -0.15) is 0 Å². The van der Waals surface area contributed by atoms with E-state index < -0.39 is 0 Å². The number of hydrogen-bond acceptors (Lipinski definition) is 3. The maximum Gasteiger partial charge on any atom is 0.245 e. The van der Waals surface area contributed by atoms with Crippen molar-refractivity contribution in [2.45, 2.75) is 44.8 Å². The zero-order valence-electron chi connectivity index (χ0n) is 14.5. The summed E-state index contributed by atoms with van der Waals surface area (Å²) in [4.78, 5) is 28.3.